The molecule has 0 amide bonds. The lowest BCUT2D eigenvalue weighted by atomic mass is 10.0. The van der Waals surface area contributed by atoms with E-state index >= 15 is 0 Å². The number of para-hydroxylation sites is 2. The average Bonchev–Trinajstić information content (AvgIpc) is 3.06. The summed E-state index contributed by atoms with van der Waals surface area (Å²) in [7, 11) is 0. The molecular formula is C28H24F6N2S2. The van der Waals surface area contributed by atoms with Crippen molar-refractivity contribution >= 4 is 39.9 Å². The number of fused-ring (bicyclic) bond motifs is 2. The molecule has 0 saturated carbocycles. The van der Waals surface area contributed by atoms with Gasteiger partial charge in [0.05, 0.1) is 17.1 Å². The second-order valence-electron chi connectivity index (χ2n) is 8.44. The van der Waals surface area contributed by atoms with E-state index in [9.17, 15) is 23.8 Å². The van der Waals surface area contributed by atoms with Crippen LogP contribution in [0.3, 0.4) is 0 Å². The number of anilines is 2. The molecule has 1 aliphatic rings. The van der Waals surface area contributed by atoms with E-state index < -0.39 is 22.8 Å². The van der Waals surface area contributed by atoms with Crippen molar-refractivity contribution in [3.63, 3.8) is 0 Å². The average molecular weight is 567 g/mol. The number of rotatable bonds is 5. The van der Waals surface area contributed by atoms with Crippen LogP contribution in [0.15, 0.2) is 101 Å². The van der Waals surface area contributed by atoms with Crippen LogP contribution in [0.1, 0.15) is 22.3 Å². The molecule has 38 heavy (non-hydrogen) atoms. The van der Waals surface area contributed by atoms with Gasteiger partial charge in [0.2, 0.25) is 0 Å². The Bertz CT molecular complexity index is 1370. The van der Waals surface area contributed by atoms with Gasteiger partial charge in [0, 0.05) is 0 Å². The summed E-state index contributed by atoms with van der Waals surface area (Å²) in [5.74, 6) is -0.271. The number of hydrogen-bond acceptors (Lipinski definition) is 2. The zero-order valence-corrected chi connectivity index (χ0v) is 21.7. The fourth-order valence-corrected chi connectivity index (χ4v) is 5.45. The molecule has 10 heteroatoms. The number of aryl methyl sites for hydroxylation is 4. The molecule has 0 saturated heterocycles. The van der Waals surface area contributed by atoms with Gasteiger partial charge in [0.15, 0.2) is 0 Å². The minimum absolute atomic E-state index is 0.271. The van der Waals surface area contributed by atoms with Gasteiger partial charge in [-0.2, -0.15) is 4.36 Å². The normalized spacial score (nSPS) is 13.1. The second kappa shape index (κ2) is 12.5. The Kier molecular flexibility index (Phi) is 9.17. The summed E-state index contributed by atoms with van der Waals surface area (Å²) >= 11 is -8.32. The first kappa shape index (κ1) is 27.8. The molecule has 0 unspecified atom stereocenters. The molecule has 0 atom stereocenters. The Morgan fingerprint density at radius 2 is 1.13 bits per heavy atom. The second-order valence-corrected chi connectivity index (χ2v) is 10.1. The van der Waals surface area contributed by atoms with Crippen molar-refractivity contribution in [1.29, 1.82) is 0 Å². The molecular weight excluding hydrogens is 542 g/mol. The summed E-state index contributed by atoms with van der Waals surface area (Å²) in [4.78, 5) is 0. The minimum atomic E-state index is -5.34. The zero-order valence-electron chi connectivity index (χ0n) is 20.0. The summed E-state index contributed by atoms with van der Waals surface area (Å²) < 4.78 is 82.5. The maximum atomic E-state index is 13.5. The highest BCUT2D eigenvalue weighted by Crippen LogP contribution is 2.63. The van der Waals surface area contributed by atoms with Crippen LogP contribution in [0.2, 0.25) is 0 Å². The maximum absolute atomic E-state index is 13.5. The molecule has 0 fully saturated rings. The largest absolute Gasteiger partial charge is 0.306 e. The highest BCUT2D eigenvalue weighted by Gasteiger charge is 2.36. The molecule has 0 spiro atoms. The Morgan fingerprint density at radius 3 is 1.68 bits per heavy atom. The van der Waals surface area contributed by atoms with Gasteiger partial charge in [-0.05, 0) is 72.2 Å². The Labute approximate surface area is 223 Å². The molecule has 1 heterocycles. The van der Waals surface area contributed by atoms with E-state index in [2.05, 4.69) is 4.36 Å². The highest BCUT2D eigenvalue weighted by atomic mass is 32.3. The highest BCUT2D eigenvalue weighted by molar-refractivity contribution is 8.22. The third kappa shape index (κ3) is 6.99. The Balaban J connectivity index is 0.000000177. The Morgan fingerprint density at radius 1 is 0.658 bits per heavy atom. The standard InChI is InChI=1S/2C14H12F3NS/c15-19(16,17)18-13-7-3-1-5-11(13)9-10-12-6-2-4-8-14(12)18;15-13-7-3-1-5-11(13)9-10-12-6-2-4-8-14(12)18-19(16)17/h2*1-8H,9-10H2. The first-order chi connectivity index (χ1) is 18.2. The predicted octanol–water partition coefficient (Wildman–Crippen LogP) is 10.1. The van der Waals surface area contributed by atoms with Gasteiger partial charge in [-0.3, -0.25) is 0 Å². The van der Waals surface area contributed by atoms with E-state index in [0.29, 0.717) is 41.1 Å². The van der Waals surface area contributed by atoms with E-state index in [1.165, 1.54) is 6.07 Å². The number of benzene rings is 4. The van der Waals surface area contributed by atoms with Gasteiger partial charge in [0.1, 0.15) is 5.82 Å². The molecule has 0 N–H and O–H groups in total. The van der Waals surface area contributed by atoms with Crippen molar-refractivity contribution in [1.82, 2.24) is 0 Å². The van der Waals surface area contributed by atoms with Gasteiger partial charge in [-0.25, -0.2) is 8.70 Å². The monoisotopic (exact) mass is 566 g/mol. The first-order valence-electron chi connectivity index (χ1n) is 11.7. The lowest BCUT2D eigenvalue weighted by Gasteiger charge is -2.30. The molecule has 0 bridgehead atoms. The zero-order chi connectivity index (χ0) is 27.1. The van der Waals surface area contributed by atoms with Crippen molar-refractivity contribution in [2.45, 2.75) is 25.7 Å². The van der Waals surface area contributed by atoms with Crippen LogP contribution in [0.4, 0.5) is 40.9 Å². The van der Waals surface area contributed by atoms with E-state index in [1.54, 1.807) is 91.0 Å². The van der Waals surface area contributed by atoms with Crippen LogP contribution in [0.5, 0.6) is 0 Å². The van der Waals surface area contributed by atoms with Crippen molar-refractivity contribution < 1.29 is 23.8 Å². The van der Waals surface area contributed by atoms with Crippen LogP contribution in [0.25, 0.3) is 0 Å². The summed E-state index contributed by atoms with van der Waals surface area (Å²) in [5, 5.41) is 0. The van der Waals surface area contributed by atoms with Crippen LogP contribution in [0, 0.1) is 5.82 Å². The summed E-state index contributed by atoms with van der Waals surface area (Å²) in [6.07, 6.45) is 2.22. The number of nitrogens with zero attached hydrogens (tertiary/aromatic N) is 2. The minimum Gasteiger partial charge on any atom is -0.229 e. The number of halogens is 6. The van der Waals surface area contributed by atoms with Crippen molar-refractivity contribution in [2.75, 3.05) is 4.31 Å². The fraction of sp³-hybridized carbons (Fsp3) is 0.143. The molecule has 2 nitrogen and oxygen atoms in total. The van der Waals surface area contributed by atoms with Gasteiger partial charge in [0.25, 0.3) is 11.5 Å². The predicted molar refractivity (Wildman–Crippen MR) is 145 cm³/mol. The van der Waals surface area contributed by atoms with E-state index in [-0.39, 0.29) is 22.9 Å². The molecule has 0 radical (unpaired) electrons. The van der Waals surface area contributed by atoms with Crippen molar-refractivity contribution in [3.05, 3.63) is 125 Å². The van der Waals surface area contributed by atoms with Gasteiger partial charge in [-0.15, -0.1) is 19.4 Å². The van der Waals surface area contributed by atoms with Crippen molar-refractivity contribution in [3.8, 4) is 0 Å². The third-order valence-electron chi connectivity index (χ3n) is 6.07. The summed E-state index contributed by atoms with van der Waals surface area (Å²) in [5.41, 5.74) is 3.62. The van der Waals surface area contributed by atoms with Crippen molar-refractivity contribution in [2.24, 2.45) is 4.36 Å². The molecule has 5 rings (SSSR count). The molecule has 0 aliphatic carbocycles. The van der Waals surface area contributed by atoms with E-state index in [4.69, 9.17) is 0 Å². The van der Waals surface area contributed by atoms with Crippen LogP contribution in [-0.2, 0) is 37.1 Å². The third-order valence-corrected chi connectivity index (χ3v) is 7.21. The summed E-state index contributed by atoms with van der Waals surface area (Å²) in [6.45, 7) is 0. The molecule has 4 aromatic rings. The smallest absolute Gasteiger partial charge is 0.229 e. The Hall–Kier alpha value is -3.24. The maximum Gasteiger partial charge on any atom is 0.306 e. The van der Waals surface area contributed by atoms with Crippen LogP contribution in [-0.4, -0.2) is 0 Å². The van der Waals surface area contributed by atoms with E-state index in [0.717, 1.165) is 11.1 Å². The number of hydrogen-bond donors (Lipinski definition) is 0. The van der Waals surface area contributed by atoms with Gasteiger partial charge < -0.3 is 0 Å². The SMILES string of the molecule is FS(F)(F)N1c2ccccc2CCc2ccccc21.Fc1ccccc1CCc1ccccc1N=S(F)F. The first-order valence-corrected chi connectivity index (χ1v) is 14.0. The topological polar surface area (TPSA) is 15.6 Å². The molecule has 200 valence electrons. The molecule has 1 aliphatic heterocycles. The van der Waals surface area contributed by atoms with Gasteiger partial charge >= 0.3 is 11.4 Å². The van der Waals surface area contributed by atoms with E-state index in [1.807, 2.05) is 0 Å². The quantitative estimate of drug-likeness (QED) is 0.220. The lowest BCUT2D eigenvalue weighted by Crippen LogP contribution is -2.15. The van der Waals surface area contributed by atoms with Gasteiger partial charge in [-0.1, -0.05) is 72.8 Å². The lowest BCUT2D eigenvalue weighted by molar-refractivity contribution is 0.608. The van der Waals surface area contributed by atoms with Crippen LogP contribution < -0.4 is 4.31 Å². The summed E-state index contributed by atoms with van der Waals surface area (Å²) in [6, 6.07) is 26.8. The fourth-order valence-electron chi connectivity index (χ4n) is 4.32. The molecule has 0 aromatic heterocycles. The molecule has 4 aromatic carbocycles. The van der Waals surface area contributed by atoms with Crippen LogP contribution >= 0.6 is 11.4 Å².